The first-order valence-corrected chi connectivity index (χ1v) is 6.97. The lowest BCUT2D eigenvalue weighted by Gasteiger charge is -2.26. The maximum atomic E-state index is 12.2. The van der Waals surface area contributed by atoms with E-state index in [-0.39, 0.29) is 25.4 Å². The van der Waals surface area contributed by atoms with Gasteiger partial charge in [0.2, 0.25) is 11.8 Å². The third-order valence-corrected chi connectivity index (χ3v) is 3.88. The van der Waals surface area contributed by atoms with E-state index in [9.17, 15) is 19.5 Å². The number of nitrogens with zero attached hydrogens (tertiary/aromatic N) is 2. The number of carboxylic acid groups (broad SMARTS) is 1. The Bertz CT molecular complexity index is 412. The lowest BCUT2D eigenvalue weighted by atomic mass is 10.2. The second-order valence-electron chi connectivity index (χ2n) is 5.42. The summed E-state index contributed by atoms with van der Waals surface area (Å²) in [6.07, 6.45) is 2.36. The summed E-state index contributed by atoms with van der Waals surface area (Å²) >= 11 is 0. The van der Waals surface area contributed by atoms with Crippen LogP contribution in [-0.4, -0.2) is 69.6 Å². The van der Waals surface area contributed by atoms with Crippen LogP contribution in [0, 0.1) is 0 Å². The molecule has 0 spiro atoms. The van der Waals surface area contributed by atoms with Gasteiger partial charge in [-0.1, -0.05) is 6.42 Å². The second-order valence-corrected chi connectivity index (χ2v) is 5.42. The Balaban J connectivity index is 1.99. The minimum Gasteiger partial charge on any atom is -0.480 e. The summed E-state index contributed by atoms with van der Waals surface area (Å²) < 4.78 is 0. The molecule has 0 bridgehead atoms. The van der Waals surface area contributed by atoms with Crippen LogP contribution >= 0.6 is 0 Å². The lowest BCUT2D eigenvalue weighted by Crippen LogP contribution is -2.47. The average molecular weight is 284 g/mol. The Morgan fingerprint density at radius 2 is 2.00 bits per heavy atom. The number of amides is 2. The van der Waals surface area contributed by atoms with Gasteiger partial charge in [-0.25, -0.2) is 4.79 Å². The molecule has 2 saturated heterocycles. The molecule has 0 aliphatic carbocycles. The number of rotatable bonds is 3. The van der Waals surface area contributed by atoms with Gasteiger partial charge in [0.15, 0.2) is 0 Å². The summed E-state index contributed by atoms with van der Waals surface area (Å²) in [5, 5.41) is 18.6. The van der Waals surface area contributed by atoms with Crippen LogP contribution in [0.5, 0.6) is 0 Å². The van der Waals surface area contributed by atoms with Crippen LogP contribution in [0.1, 0.15) is 32.1 Å². The molecule has 112 valence electrons. The Hall–Kier alpha value is -1.63. The van der Waals surface area contributed by atoms with Crippen LogP contribution in [0.15, 0.2) is 0 Å². The van der Waals surface area contributed by atoms with Crippen LogP contribution in [0.4, 0.5) is 0 Å². The number of hydrogen-bond donors (Lipinski definition) is 2. The first-order chi connectivity index (χ1) is 9.49. The van der Waals surface area contributed by atoms with Crippen molar-refractivity contribution in [1.29, 1.82) is 0 Å². The number of β-amino-alcohol motifs (C(OH)–C–C–N with tert-alkyl or cyclic N) is 1. The van der Waals surface area contributed by atoms with Crippen molar-refractivity contribution in [2.24, 2.45) is 0 Å². The van der Waals surface area contributed by atoms with Gasteiger partial charge in [-0.05, 0) is 12.8 Å². The van der Waals surface area contributed by atoms with E-state index in [1.54, 1.807) is 0 Å². The monoisotopic (exact) mass is 284 g/mol. The molecule has 2 heterocycles. The Labute approximate surface area is 117 Å². The van der Waals surface area contributed by atoms with Crippen molar-refractivity contribution in [2.75, 3.05) is 19.6 Å². The van der Waals surface area contributed by atoms with E-state index in [2.05, 4.69) is 0 Å². The third-order valence-electron chi connectivity index (χ3n) is 3.88. The molecule has 0 aromatic carbocycles. The predicted molar refractivity (Wildman–Crippen MR) is 68.8 cm³/mol. The molecule has 0 radical (unpaired) electrons. The van der Waals surface area contributed by atoms with Gasteiger partial charge in [-0.2, -0.15) is 0 Å². The van der Waals surface area contributed by atoms with E-state index in [1.807, 2.05) is 0 Å². The van der Waals surface area contributed by atoms with Gasteiger partial charge >= 0.3 is 5.97 Å². The van der Waals surface area contributed by atoms with Crippen LogP contribution < -0.4 is 0 Å². The fourth-order valence-corrected chi connectivity index (χ4v) is 2.78. The molecule has 0 aromatic rings. The number of likely N-dealkylation sites (tertiary alicyclic amines) is 2. The van der Waals surface area contributed by atoms with Gasteiger partial charge in [-0.15, -0.1) is 0 Å². The molecule has 2 atom stereocenters. The number of aliphatic hydroxyl groups is 1. The van der Waals surface area contributed by atoms with Gasteiger partial charge < -0.3 is 20.0 Å². The quantitative estimate of drug-likeness (QED) is 0.723. The molecule has 7 nitrogen and oxygen atoms in total. The fourth-order valence-electron chi connectivity index (χ4n) is 2.78. The minimum absolute atomic E-state index is 0.0256. The van der Waals surface area contributed by atoms with Gasteiger partial charge in [0.1, 0.15) is 6.04 Å². The minimum atomic E-state index is -1.11. The molecule has 2 amide bonds. The number of carboxylic acids is 1. The number of hydrogen-bond acceptors (Lipinski definition) is 4. The molecule has 20 heavy (non-hydrogen) atoms. The third kappa shape index (κ3) is 3.27. The maximum absolute atomic E-state index is 12.2. The molecule has 2 fully saturated rings. The molecule has 2 rings (SSSR count). The van der Waals surface area contributed by atoms with E-state index >= 15 is 0 Å². The highest BCUT2D eigenvalue weighted by Crippen LogP contribution is 2.19. The molecular formula is C13H20N2O5. The van der Waals surface area contributed by atoms with Crippen molar-refractivity contribution >= 4 is 17.8 Å². The maximum Gasteiger partial charge on any atom is 0.326 e. The summed E-state index contributed by atoms with van der Waals surface area (Å²) in [5.41, 5.74) is 0. The summed E-state index contributed by atoms with van der Waals surface area (Å²) in [6, 6.07) is -0.986. The zero-order chi connectivity index (χ0) is 14.7. The van der Waals surface area contributed by atoms with Crippen molar-refractivity contribution in [3.63, 3.8) is 0 Å². The largest absolute Gasteiger partial charge is 0.480 e. The smallest absolute Gasteiger partial charge is 0.326 e. The normalized spacial score (nSPS) is 27.6. The van der Waals surface area contributed by atoms with Gasteiger partial charge in [0.25, 0.3) is 0 Å². The number of aliphatic carboxylic acids is 1. The predicted octanol–water partition coefficient (Wildman–Crippen LogP) is -0.565. The SMILES string of the molecule is O=C(O)[C@@H]1CC(O)CN1C(=O)CN1CCCCCC1=O. The first kappa shape index (κ1) is 14.8. The van der Waals surface area contributed by atoms with E-state index < -0.39 is 24.0 Å². The lowest BCUT2D eigenvalue weighted by molar-refractivity contribution is -0.149. The van der Waals surface area contributed by atoms with Crippen molar-refractivity contribution in [3.05, 3.63) is 0 Å². The topological polar surface area (TPSA) is 98.2 Å². The zero-order valence-corrected chi connectivity index (χ0v) is 11.3. The Morgan fingerprint density at radius 1 is 1.25 bits per heavy atom. The highest BCUT2D eigenvalue weighted by Gasteiger charge is 2.39. The summed E-state index contributed by atoms with van der Waals surface area (Å²) in [6.45, 7) is 0.478. The highest BCUT2D eigenvalue weighted by molar-refractivity contribution is 5.88. The molecule has 2 aliphatic rings. The number of aliphatic hydroxyl groups excluding tert-OH is 1. The molecule has 0 aromatic heterocycles. The number of carbonyl (C=O) groups excluding carboxylic acids is 2. The van der Waals surface area contributed by atoms with Crippen molar-refractivity contribution in [2.45, 2.75) is 44.2 Å². The van der Waals surface area contributed by atoms with Crippen LogP contribution in [0.3, 0.4) is 0 Å². The summed E-state index contributed by atoms with van der Waals surface area (Å²) in [7, 11) is 0. The Morgan fingerprint density at radius 3 is 2.70 bits per heavy atom. The Kier molecular flexibility index (Phi) is 4.59. The van der Waals surface area contributed by atoms with Crippen LogP contribution in [-0.2, 0) is 14.4 Å². The molecule has 0 saturated carbocycles. The van der Waals surface area contributed by atoms with Crippen molar-refractivity contribution in [3.8, 4) is 0 Å². The van der Waals surface area contributed by atoms with Gasteiger partial charge in [-0.3, -0.25) is 9.59 Å². The average Bonchev–Trinajstić information content (AvgIpc) is 2.68. The molecule has 2 N–H and O–H groups in total. The molecular weight excluding hydrogens is 264 g/mol. The van der Waals surface area contributed by atoms with Gasteiger partial charge in [0.05, 0.1) is 12.6 Å². The van der Waals surface area contributed by atoms with Gasteiger partial charge in [0, 0.05) is 25.9 Å². The van der Waals surface area contributed by atoms with E-state index in [4.69, 9.17) is 5.11 Å². The van der Waals surface area contributed by atoms with Crippen molar-refractivity contribution in [1.82, 2.24) is 9.80 Å². The summed E-state index contributed by atoms with van der Waals surface area (Å²) in [5.74, 6) is -1.57. The van der Waals surface area contributed by atoms with Crippen LogP contribution in [0.2, 0.25) is 0 Å². The first-order valence-electron chi connectivity index (χ1n) is 6.97. The standard InChI is InChI=1S/C13H20N2O5/c16-9-6-10(13(19)20)15(7-9)12(18)8-14-5-3-1-2-4-11(14)17/h9-10,16H,1-8H2,(H,19,20)/t9?,10-/m0/s1. The van der Waals surface area contributed by atoms with Crippen LogP contribution in [0.25, 0.3) is 0 Å². The fraction of sp³-hybridized carbons (Fsp3) is 0.769. The highest BCUT2D eigenvalue weighted by atomic mass is 16.4. The molecule has 7 heteroatoms. The molecule has 1 unspecified atom stereocenters. The van der Waals surface area contributed by atoms with E-state index in [1.165, 1.54) is 9.80 Å². The zero-order valence-electron chi connectivity index (χ0n) is 11.3. The number of carbonyl (C=O) groups is 3. The van der Waals surface area contributed by atoms with E-state index in [0.717, 1.165) is 19.3 Å². The molecule has 2 aliphatic heterocycles. The van der Waals surface area contributed by atoms with E-state index in [0.29, 0.717) is 13.0 Å². The van der Waals surface area contributed by atoms with Crippen molar-refractivity contribution < 1.29 is 24.6 Å². The second kappa shape index (κ2) is 6.21. The summed E-state index contributed by atoms with van der Waals surface area (Å²) in [4.78, 5) is 37.8.